The minimum atomic E-state index is 1.20. The van der Waals surface area contributed by atoms with Crippen LogP contribution in [0.2, 0.25) is 0 Å². The molecule has 0 saturated carbocycles. The van der Waals surface area contributed by atoms with E-state index in [1.165, 1.54) is 181 Å². The van der Waals surface area contributed by atoms with Gasteiger partial charge >= 0.3 is 0 Å². The van der Waals surface area contributed by atoms with Crippen LogP contribution in [0.3, 0.4) is 0 Å². The van der Waals surface area contributed by atoms with E-state index in [0.717, 1.165) is 0 Å². The minimum Gasteiger partial charge on any atom is -0.308 e. The van der Waals surface area contributed by atoms with Gasteiger partial charge in [-0.3, -0.25) is 0 Å². The molecule has 6 aromatic heterocycles. The average Bonchev–Trinajstić information content (AvgIpc) is 1.58. The molecule has 6 heteroatoms. The van der Waals surface area contributed by atoms with Crippen molar-refractivity contribution in [2.45, 2.75) is 0 Å². The molecule has 0 N–H and O–H groups in total. The van der Waals surface area contributed by atoms with Crippen molar-refractivity contribution in [3.63, 3.8) is 0 Å². The van der Waals surface area contributed by atoms with E-state index in [1.54, 1.807) is 0 Å². The number of aromatic nitrogens is 2. The van der Waals surface area contributed by atoms with Crippen LogP contribution in [0.25, 0.3) is 181 Å². The Labute approximate surface area is 546 Å². The zero-order valence-electron chi connectivity index (χ0n) is 49.5. The molecule has 20 rings (SSSR count). The first-order valence-electron chi connectivity index (χ1n) is 31.2. The van der Waals surface area contributed by atoms with Gasteiger partial charge in [0.25, 0.3) is 0 Å². The molecule has 14 aromatic carbocycles. The fourth-order valence-corrected chi connectivity index (χ4v) is 19.2. The van der Waals surface area contributed by atoms with Gasteiger partial charge in [-0.25, -0.2) is 0 Å². The molecule has 0 aliphatic rings. The average molecular weight is 1240 g/mol. The number of hydrogen-bond donors (Lipinski definition) is 0. The van der Waals surface area contributed by atoms with E-state index in [4.69, 9.17) is 0 Å². The molecule has 92 heavy (non-hydrogen) atoms. The smallest absolute Gasteiger partial charge is 0.0727 e. The molecule has 6 heterocycles. The standard InChI is InChI=1S/C44H27NS2.C42H25NS2/c1-3-11-29(12-4-1)34-17-9-18-37-41-33(16-10-20-39(41)46-43(34)37)30-23-21-28(22-24-30)31-25-26-36-40(27-31)47-44-35-15-7-8-19-38(35)45(42(36)44)32-13-5-2-6-14-32;1-2-10-32(11-3-1)43-37-13-7-6-12-34(37)42-41(43)35-21-19-31(25-39(35)45-42)27-16-14-26(15-17-27)30-18-20-33-36-22-28-8-4-5-9-29(28)23-40(36)44-38(33)24-30/h1-27H;1-25H. The van der Waals surface area contributed by atoms with Gasteiger partial charge in [-0.1, -0.05) is 243 Å². The fourth-order valence-electron chi connectivity index (χ4n) is 14.3. The highest BCUT2D eigenvalue weighted by Crippen LogP contribution is 2.48. The Kier molecular flexibility index (Phi) is 12.4. The molecule has 0 atom stereocenters. The highest BCUT2D eigenvalue weighted by atomic mass is 32.1. The van der Waals surface area contributed by atoms with E-state index in [0.29, 0.717) is 0 Å². The van der Waals surface area contributed by atoms with E-state index in [9.17, 15) is 0 Å². The quantitative estimate of drug-likeness (QED) is 0.151. The van der Waals surface area contributed by atoms with Crippen LogP contribution in [0.15, 0.2) is 315 Å². The summed E-state index contributed by atoms with van der Waals surface area (Å²) in [7, 11) is 0. The van der Waals surface area contributed by atoms with E-state index in [2.05, 4.69) is 325 Å². The van der Waals surface area contributed by atoms with Crippen molar-refractivity contribution in [3.05, 3.63) is 315 Å². The second kappa shape index (κ2) is 21.5. The van der Waals surface area contributed by atoms with Crippen LogP contribution in [0.5, 0.6) is 0 Å². The zero-order chi connectivity index (χ0) is 60.4. The second-order valence-corrected chi connectivity index (χ2v) is 28.1. The lowest BCUT2D eigenvalue weighted by molar-refractivity contribution is 1.19. The first kappa shape index (κ1) is 53.2. The highest BCUT2D eigenvalue weighted by molar-refractivity contribution is 7.27. The van der Waals surface area contributed by atoms with Gasteiger partial charge < -0.3 is 9.13 Å². The van der Waals surface area contributed by atoms with Crippen LogP contribution in [0.1, 0.15) is 0 Å². The normalized spacial score (nSPS) is 11.9. The molecule has 2 nitrogen and oxygen atoms in total. The molecule has 0 fully saturated rings. The van der Waals surface area contributed by atoms with Crippen molar-refractivity contribution in [1.82, 2.24) is 9.13 Å². The predicted octanol–water partition coefficient (Wildman–Crippen LogP) is 26.2. The lowest BCUT2D eigenvalue weighted by Crippen LogP contribution is -1.92. The summed E-state index contributed by atoms with van der Waals surface area (Å²) in [6.45, 7) is 0. The molecule has 0 aliphatic heterocycles. The molecule has 0 unspecified atom stereocenters. The number of thiophene rings is 4. The van der Waals surface area contributed by atoms with Gasteiger partial charge in [0.1, 0.15) is 0 Å². The lowest BCUT2D eigenvalue weighted by Gasteiger charge is -2.09. The third kappa shape index (κ3) is 8.63. The van der Waals surface area contributed by atoms with Crippen molar-refractivity contribution in [1.29, 1.82) is 0 Å². The number of hydrogen-bond acceptors (Lipinski definition) is 4. The minimum absolute atomic E-state index is 1.20. The van der Waals surface area contributed by atoms with E-state index < -0.39 is 0 Å². The Morgan fingerprint density at radius 2 is 0.609 bits per heavy atom. The van der Waals surface area contributed by atoms with E-state index in [1.807, 2.05) is 45.3 Å². The Morgan fingerprint density at radius 1 is 0.207 bits per heavy atom. The molecule has 0 bridgehead atoms. The van der Waals surface area contributed by atoms with Gasteiger partial charge in [0.2, 0.25) is 0 Å². The molecule has 0 spiro atoms. The van der Waals surface area contributed by atoms with Gasteiger partial charge in [0.15, 0.2) is 0 Å². The van der Waals surface area contributed by atoms with Crippen LogP contribution in [0, 0.1) is 0 Å². The maximum absolute atomic E-state index is 2.43. The Morgan fingerprint density at radius 3 is 1.17 bits per heavy atom. The van der Waals surface area contributed by atoms with Crippen molar-refractivity contribution in [3.8, 4) is 67.0 Å². The first-order chi connectivity index (χ1) is 45.6. The Bertz CT molecular complexity index is 6280. The number of nitrogens with zero attached hydrogens (tertiary/aromatic N) is 2. The van der Waals surface area contributed by atoms with Gasteiger partial charge in [-0.2, -0.15) is 0 Å². The summed E-state index contributed by atoms with van der Waals surface area (Å²) in [5.41, 5.74) is 20.1. The molecular weight excluding hydrogens is 1190 g/mol. The summed E-state index contributed by atoms with van der Waals surface area (Å²) in [5, 5.41) is 13.2. The monoisotopic (exact) mass is 1240 g/mol. The third-order valence-electron chi connectivity index (χ3n) is 18.6. The number of fused-ring (bicyclic) bond motifs is 17. The summed E-state index contributed by atoms with van der Waals surface area (Å²) in [4.78, 5) is 0. The van der Waals surface area contributed by atoms with Crippen molar-refractivity contribution in [2.24, 2.45) is 0 Å². The summed E-state index contributed by atoms with van der Waals surface area (Å²) in [6.07, 6.45) is 0. The second-order valence-electron chi connectivity index (χ2n) is 23.8. The lowest BCUT2D eigenvalue weighted by atomic mass is 9.96. The molecule has 0 amide bonds. The zero-order valence-corrected chi connectivity index (χ0v) is 52.8. The molecule has 0 radical (unpaired) electrons. The summed E-state index contributed by atoms with van der Waals surface area (Å²) < 4.78 is 15.5. The van der Waals surface area contributed by atoms with Crippen LogP contribution in [0.4, 0.5) is 0 Å². The maximum atomic E-state index is 2.43. The van der Waals surface area contributed by atoms with Crippen molar-refractivity contribution >= 4 is 159 Å². The van der Waals surface area contributed by atoms with Crippen LogP contribution in [-0.4, -0.2) is 9.13 Å². The Balaban J connectivity index is 0.000000132. The van der Waals surface area contributed by atoms with Crippen LogP contribution >= 0.6 is 45.3 Å². The molecule has 430 valence electrons. The maximum Gasteiger partial charge on any atom is 0.0727 e. The molecule has 20 aromatic rings. The summed E-state index contributed by atoms with van der Waals surface area (Å²) in [5.74, 6) is 0. The van der Waals surface area contributed by atoms with E-state index in [-0.39, 0.29) is 0 Å². The van der Waals surface area contributed by atoms with Gasteiger partial charge in [-0.15, -0.1) is 45.3 Å². The van der Waals surface area contributed by atoms with Gasteiger partial charge in [0, 0.05) is 82.7 Å². The SMILES string of the molecule is c1ccc(-c2cccc3c2sc2cccc(-c4ccc(-c5ccc6c(c5)sc5c7ccccc7n(-c7ccccc7)c65)cc4)c23)cc1.c1ccc(-n2c3ccccc3c3sc4cc(-c5ccc(-c6ccc7c(c6)sc6cc8ccccc8cc67)cc5)ccc4c32)cc1. The van der Waals surface area contributed by atoms with Gasteiger partial charge in [0.05, 0.1) is 31.5 Å². The third-order valence-corrected chi connectivity index (χ3v) is 23.3. The Hall–Kier alpha value is -10.7. The molecular formula is C86H52N2S4. The largest absolute Gasteiger partial charge is 0.308 e. The number of para-hydroxylation sites is 4. The van der Waals surface area contributed by atoms with Crippen LogP contribution < -0.4 is 0 Å². The summed E-state index contributed by atoms with van der Waals surface area (Å²) >= 11 is 7.58. The molecule has 0 saturated heterocycles. The van der Waals surface area contributed by atoms with E-state index >= 15 is 0 Å². The molecule has 0 aliphatic carbocycles. The van der Waals surface area contributed by atoms with Crippen molar-refractivity contribution < 1.29 is 0 Å². The number of rotatable bonds is 7. The van der Waals surface area contributed by atoms with Gasteiger partial charge in [-0.05, 0) is 139 Å². The van der Waals surface area contributed by atoms with Crippen molar-refractivity contribution in [2.75, 3.05) is 0 Å². The summed E-state index contributed by atoms with van der Waals surface area (Å²) in [6, 6.07) is 116. The fraction of sp³-hybridized carbons (Fsp3) is 0. The highest BCUT2D eigenvalue weighted by Gasteiger charge is 2.21. The number of benzene rings is 14. The van der Waals surface area contributed by atoms with Crippen LogP contribution in [-0.2, 0) is 0 Å². The predicted molar refractivity (Wildman–Crippen MR) is 403 cm³/mol. The first-order valence-corrected chi connectivity index (χ1v) is 34.5. The topological polar surface area (TPSA) is 9.86 Å².